The summed E-state index contributed by atoms with van der Waals surface area (Å²) in [4.78, 5) is 19.2. The molecule has 0 aromatic heterocycles. The molecule has 53 heavy (non-hydrogen) atoms. The molecule has 0 radical (unpaired) electrons. The van der Waals surface area contributed by atoms with Gasteiger partial charge in [0.15, 0.2) is 11.6 Å². The van der Waals surface area contributed by atoms with Crippen LogP contribution in [0.1, 0.15) is 65.1 Å². The first-order valence-electron chi connectivity index (χ1n) is 20.8. The lowest BCUT2D eigenvalue weighted by Crippen LogP contribution is -2.51. The number of amides is 1. The van der Waals surface area contributed by atoms with Crippen LogP contribution in [0.4, 0.5) is 27.6 Å². The van der Waals surface area contributed by atoms with Crippen LogP contribution in [-0.4, -0.2) is 66.6 Å². The Kier molecular flexibility index (Phi) is 9.27. The molecule has 6 rings (SSSR count). The predicted octanol–water partition coefficient (Wildman–Crippen LogP) is 8.98. The van der Waals surface area contributed by atoms with Gasteiger partial charge in [0.1, 0.15) is 12.6 Å². The van der Waals surface area contributed by atoms with Crippen molar-refractivity contribution in [3.05, 3.63) is 136 Å². The smallest absolute Gasteiger partial charge is 0.384 e. The Hall–Kier alpha value is -4.23. The molecule has 2 unspecified atom stereocenters. The lowest BCUT2D eigenvalue weighted by Gasteiger charge is -2.43. The quantitative estimate of drug-likeness (QED) is 0.146. The van der Waals surface area contributed by atoms with Crippen molar-refractivity contribution in [2.24, 2.45) is 0 Å². The molecule has 2 atom stereocenters. The summed E-state index contributed by atoms with van der Waals surface area (Å²) in [5.74, 6) is -3.31. The van der Waals surface area contributed by atoms with Gasteiger partial charge in [-0.3, -0.25) is 4.79 Å². The van der Waals surface area contributed by atoms with E-state index in [-0.39, 0.29) is 31.0 Å². The minimum absolute atomic E-state index is 0.00184. The van der Waals surface area contributed by atoms with E-state index < -0.39 is 85.4 Å². The molecule has 1 saturated heterocycles. The number of aliphatic hydroxyl groups is 1. The monoisotopic (exact) mass is 759 g/mol. The number of para-hydroxylation sites is 1. The predicted molar refractivity (Wildman–Crippen MR) is 198 cm³/mol. The van der Waals surface area contributed by atoms with E-state index in [1.807, 2.05) is 0 Å². The van der Waals surface area contributed by atoms with Crippen molar-refractivity contribution in [1.82, 2.24) is 9.80 Å². The number of likely N-dealkylation sites (tertiary alicyclic amines) is 1. The summed E-state index contributed by atoms with van der Waals surface area (Å²) in [5.41, 5.74) is -2.01. The number of carbonyl (C=O) groups is 1. The molecule has 280 valence electrons. The topological polar surface area (TPSA) is 56.2 Å². The number of carbonyl (C=O) groups excluding carboxylic acids is 1. The third kappa shape index (κ3) is 8.95. The maximum atomic E-state index is 15.0. The molecule has 12 heteroatoms. The van der Waals surface area contributed by atoms with E-state index in [1.165, 1.54) is 39.8 Å². The Morgan fingerprint density at radius 3 is 2.38 bits per heavy atom. The highest BCUT2D eigenvalue weighted by Gasteiger charge is 2.35. The number of fused-ring (bicyclic) bond motifs is 1. The number of anilines is 1. The Labute approximate surface area is 322 Å². The van der Waals surface area contributed by atoms with Gasteiger partial charge in [0.25, 0.3) is 0 Å². The van der Waals surface area contributed by atoms with Gasteiger partial charge in [-0.2, -0.15) is 13.2 Å². The molecule has 1 fully saturated rings. The summed E-state index contributed by atoms with van der Waals surface area (Å²) in [6.07, 6.45) is -4.24. The molecule has 6 nitrogen and oxygen atoms in total. The normalized spacial score (nSPS) is 20.9. The van der Waals surface area contributed by atoms with Gasteiger partial charge in [-0.25, -0.2) is 8.78 Å². The molecule has 4 aromatic rings. The van der Waals surface area contributed by atoms with E-state index in [4.69, 9.17) is 14.3 Å². The number of halogens is 5. The molecular weight excluding hydrogens is 710 g/mol. The van der Waals surface area contributed by atoms with Crippen molar-refractivity contribution in [3.8, 4) is 11.1 Å². The Morgan fingerprint density at radius 1 is 1.02 bits per heavy atom. The molecule has 0 bridgehead atoms. The van der Waals surface area contributed by atoms with Crippen LogP contribution in [0.5, 0.6) is 0 Å². The maximum Gasteiger partial charge on any atom is 0.416 e. The summed E-state index contributed by atoms with van der Waals surface area (Å²) >= 11 is 0.452. The highest BCUT2D eigenvalue weighted by molar-refractivity contribution is 8.02. The van der Waals surface area contributed by atoms with Crippen LogP contribution in [0.25, 0.3) is 11.1 Å². The molecule has 4 aromatic carbocycles. The first-order chi connectivity index (χ1) is 28.4. The van der Waals surface area contributed by atoms with Crippen LogP contribution >= 0.6 is 11.8 Å². The van der Waals surface area contributed by atoms with Crippen molar-refractivity contribution < 1.29 is 47.6 Å². The van der Waals surface area contributed by atoms with E-state index in [0.29, 0.717) is 39.7 Å². The van der Waals surface area contributed by atoms with Crippen LogP contribution in [0.3, 0.4) is 0 Å². The number of piperidine rings is 1. The van der Waals surface area contributed by atoms with Gasteiger partial charge in [-0.15, -0.1) is 11.8 Å². The second-order valence-electron chi connectivity index (χ2n) is 12.6. The fourth-order valence-electron chi connectivity index (χ4n) is 6.54. The first-order valence-corrected chi connectivity index (χ1v) is 17.6. The number of aliphatic hydroxyl groups excluding tert-OH is 1. The lowest BCUT2D eigenvalue weighted by atomic mass is 9.96. The second kappa shape index (κ2) is 16.8. The van der Waals surface area contributed by atoms with Crippen molar-refractivity contribution in [2.45, 2.75) is 49.8 Å². The van der Waals surface area contributed by atoms with Gasteiger partial charge in [-0.1, -0.05) is 66.7 Å². The number of alkyl halides is 3. The highest BCUT2D eigenvalue weighted by atomic mass is 32.2. The molecule has 2 heterocycles. The Morgan fingerprint density at radius 2 is 1.70 bits per heavy atom. The zero-order chi connectivity index (χ0) is 44.7. The fraction of sp³-hybridized carbons (Fsp3) is 0.341. The minimum atomic E-state index is -4.52. The summed E-state index contributed by atoms with van der Waals surface area (Å²) in [6.45, 7) is -1.92. The summed E-state index contributed by atoms with van der Waals surface area (Å²) < 4.78 is 140. The maximum absolute atomic E-state index is 15.0. The third-order valence-electron chi connectivity index (χ3n) is 9.29. The fourth-order valence-corrected chi connectivity index (χ4v) is 7.38. The van der Waals surface area contributed by atoms with Crippen molar-refractivity contribution in [2.75, 3.05) is 44.7 Å². The van der Waals surface area contributed by atoms with E-state index in [2.05, 4.69) is 0 Å². The van der Waals surface area contributed by atoms with Gasteiger partial charge in [0.2, 0.25) is 5.91 Å². The molecule has 1 N–H and O–H groups in total. The molecule has 0 aliphatic carbocycles. The zero-order valence-corrected chi connectivity index (χ0v) is 29.4. The van der Waals surface area contributed by atoms with Gasteiger partial charge in [0.05, 0.1) is 28.7 Å². The number of benzene rings is 4. The van der Waals surface area contributed by atoms with Crippen LogP contribution < -0.4 is 4.90 Å². The van der Waals surface area contributed by atoms with E-state index in [9.17, 15) is 33.2 Å². The largest absolute Gasteiger partial charge is 0.416 e. The molecule has 1 amide bonds. The molecule has 0 spiro atoms. The Bertz CT molecular complexity index is 2240. The van der Waals surface area contributed by atoms with Crippen molar-refractivity contribution in [3.63, 3.8) is 0 Å². The van der Waals surface area contributed by atoms with Crippen molar-refractivity contribution >= 4 is 23.4 Å². The summed E-state index contributed by atoms with van der Waals surface area (Å²) in [7, 11) is -2.83. The number of hydrogen-bond acceptors (Lipinski definition) is 6. The van der Waals surface area contributed by atoms with Crippen LogP contribution in [0.2, 0.25) is 0 Å². The number of methoxy groups -OCH3 is 1. The van der Waals surface area contributed by atoms with Crippen molar-refractivity contribution in [1.29, 1.82) is 0 Å². The molecule has 0 saturated carbocycles. The number of hydrogen-bond donors (Lipinski definition) is 1. The lowest BCUT2D eigenvalue weighted by molar-refractivity contribution is -0.137. The highest BCUT2D eigenvalue weighted by Crippen LogP contribution is 2.41. The average molecular weight is 760 g/mol. The Balaban J connectivity index is 1.34. The van der Waals surface area contributed by atoms with E-state index in [1.54, 1.807) is 48.5 Å². The number of nitrogens with zero attached hydrogens (tertiary/aromatic N) is 3. The van der Waals surface area contributed by atoms with E-state index >= 15 is 0 Å². The van der Waals surface area contributed by atoms with Crippen LogP contribution in [0, 0.1) is 11.6 Å². The van der Waals surface area contributed by atoms with E-state index in [0.717, 1.165) is 30.3 Å². The second-order valence-corrected chi connectivity index (χ2v) is 13.4. The zero-order valence-electron chi connectivity index (χ0n) is 36.5. The van der Waals surface area contributed by atoms with Gasteiger partial charge in [0, 0.05) is 60.7 Å². The molecule has 2 aliphatic rings. The molecular formula is C41H42F5N3O3S. The van der Waals surface area contributed by atoms with Gasteiger partial charge in [-0.05, 0) is 66.8 Å². The average Bonchev–Trinajstić information content (AvgIpc) is 3.19. The van der Waals surface area contributed by atoms with Crippen LogP contribution in [-0.2, 0) is 21.4 Å². The first kappa shape index (κ1) is 29.2. The summed E-state index contributed by atoms with van der Waals surface area (Å²) in [6, 6.07) is 18.0. The SMILES string of the molecule is [2H]C([2H])([2H])OCC([2H])([2H])N1CCC(N(C(=O)CN2C(SC([2H])([2H])c3cccc(F)c3F)=CC(O)c3ccccc32)C([2H])(C)c2ccc(-c3ccc(C(F)(F)F)cc3)cc2)CC1. The summed E-state index contributed by atoms with van der Waals surface area (Å²) in [5, 5.41) is 11.1. The van der Waals surface area contributed by atoms with Gasteiger partial charge >= 0.3 is 6.18 Å². The minimum Gasteiger partial charge on any atom is -0.384 e. The molecule has 2 aliphatic heterocycles. The standard InChI is InChI=1S/C41H42F5N3O3S/c1-27(28-10-12-29(13-11-28)30-14-16-32(17-15-30)41(44,45)46)49(33-18-20-47(21-19-33)22-23-52-2)38(51)25-48-36-9-4-3-7-34(36)37(50)24-39(48)53-26-31-6-5-8-35(42)40(31)43/h3-17,24,27,33,37,50H,18-23,25-26H2,1-2H3/i2D3,22D2,26D2,27D. The number of thioether (sulfide) groups is 1. The number of rotatable bonds is 12. The van der Waals surface area contributed by atoms with Gasteiger partial charge < -0.3 is 24.5 Å². The third-order valence-corrected chi connectivity index (χ3v) is 10.2. The number of ether oxygens (including phenoxy) is 1. The van der Waals surface area contributed by atoms with Crippen LogP contribution in [0.15, 0.2) is 102 Å².